The van der Waals surface area contributed by atoms with Crippen LogP contribution in [-0.4, -0.2) is 38.5 Å². The first-order valence-corrected chi connectivity index (χ1v) is 10.1. The lowest BCUT2D eigenvalue weighted by atomic mass is 9.95. The second kappa shape index (κ2) is 11.0. The van der Waals surface area contributed by atoms with E-state index in [1.54, 1.807) is 13.1 Å². The Morgan fingerprint density at radius 2 is 1.82 bits per heavy atom. The van der Waals surface area contributed by atoms with Crippen LogP contribution in [0.25, 0.3) is 0 Å². The first-order valence-electron chi connectivity index (χ1n) is 10.1. The molecule has 0 atom stereocenters. The molecule has 0 radical (unpaired) electrons. The van der Waals surface area contributed by atoms with Gasteiger partial charge in [0.1, 0.15) is 5.82 Å². The van der Waals surface area contributed by atoms with Crippen LogP contribution in [0, 0.1) is 11.7 Å². The van der Waals surface area contributed by atoms with E-state index in [2.05, 4.69) is 20.9 Å². The summed E-state index contributed by atoms with van der Waals surface area (Å²) in [5.74, 6) is 1.26. The van der Waals surface area contributed by atoms with Crippen molar-refractivity contribution in [2.75, 3.05) is 26.7 Å². The van der Waals surface area contributed by atoms with E-state index in [0.717, 1.165) is 18.4 Å². The fraction of sp³-hybridized carbons (Fsp3) is 0.619. The van der Waals surface area contributed by atoms with E-state index in [1.165, 1.54) is 31.7 Å². The Bertz CT molecular complexity index is 672. The van der Waals surface area contributed by atoms with E-state index in [9.17, 15) is 9.18 Å². The van der Waals surface area contributed by atoms with Gasteiger partial charge in [-0.25, -0.2) is 4.39 Å². The number of guanidine groups is 1. The number of aliphatic imine (C=N–C) groups is 1. The second-order valence-electron chi connectivity index (χ2n) is 7.82. The molecule has 0 unspecified atom stereocenters. The molecule has 0 saturated heterocycles. The summed E-state index contributed by atoms with van der Waals surface area (Å²) in [5.41, 5.74) is 0.658. The van der Waals surface area contributed by atoms with Gasteiger partial charge in [0.05, 0.1) is 0 Å². The van der Waals surface area contributed by atoms with Crippen LogP contribution in [0.1, 0.15) is 50.5 Å². The van der Waals surface area contributed by atoms with E-state index < -0.39 is 0 Å². The maximum atomic E-state index is 14.1. The average molecular weight is 502 g/mol. The second-order valence-corrected chi connectivity index (χ2v) is 7.82. The van der Waals surface area contributed by atoms with Crippen molar-refractivity contribution in [2.45, 2.75) is 50.4 Å². The lowest BCUT2D eigenvalue weighted by Crippen LogP contribution is -2.44. The molecule has 156 valence electrons. The molecule has 2 saturated carbocycles. The molecule has 3 N–H and O–H groups in total. The summed E-state index contributed by atoms with van der Waals surface area (Å²) in [4.78, 5) is 16.2. The first kappa shape index (κ1) is 22.9. The zero-order valence-corrected chi connectivity index (χ0v) is 18.9. The Morgan fingerprint density at radius 1 is 1.14 bits per heavy atom. The van der Waals surface area contributed by atoms with Gasteiger partial charge in [-0.1, -0.05) is 31.0 Å². The van der Waals surface area contributed by atoms with Crippen molar-refractivity contribution in [1.82, 2.24) is 16.0 Å². The van der Waals surface area contributed by atoms with Crippen molar-refractivity contribution < 1.29 is 9.18 Å². The molecular weight excluding hydrogens is 470 g/mol. The van der Waals surface area contributed by atoms with Gasteiger partial charge in [0.25, 0.3) is 0 Å². The Balaban J connectivity index is 0.00000280. The van der Waals surface area contributed by atoms with Gasteiger partial charge in [0, 0.05) is 38.5 Å². The van der Waals surface area contributed by atoms with Crippen LogP contribution < -0.4 is 16.0 Å². The van der Waals surface area contributed by atoms with Crippen LogP contribution in [0.5, 0.6) is 0 Å². The minimum Gasteiger partial charge on any atom is -0.356 e. The average Bonchev–Trinajstić information content (AvgIpc) is 3.28. The minimum absolute atomic E-state index is 0. The van der Waals surface area contributed by atoms with Crippen LogP contribution in [0.2, 0.25) is 0 Å². The topological polar surface area (TPSA) is 65.5 Å². The molecule has 5 nitrogen and oxygen atoms in total. The van der Waals surface area contributed by atoms with Crippen molar-refractivity contribution in [3.63, 3.8) is 0 Å². The maximum Gasteiger partial charge on any atom is 0.220 e. The molecule has 2 aliphatic rings. The molecule has 1 amide bonds. The largest absolute Gasteiger partial charge is 0.356 e. The Morgan fingerprint density at radius 3 is 2.46 bits per heavy atom. The summed E-state index contributed by atoms with van der Waals surface area (Å²) in [5, 5.41) is 9.49. The maximum absolute atomic E-state index is 14.1. The summed E-state index contributed by atoms with van der Waals surface area (Å²) in [6.45, 7) is 1.84. The number of nitrogens with one attached hydrogen (secondary N) is 3. The number of hydrogen-bond acceptors (Lipinski definition) is 2. The normalized spacial score (nSPS) is 18.3. The predicted molar refractivity (Wildman–Crippen MR) is 122 cm³/mol. The number of amides is 1. The summed E-state index contributed by atoms with van der Waals surface area (Å²) < 4.78 is 14.1. The Hall–Kier alpha value is -1.38. The highest BCUT2D eigenvalue weighted by atomic mass is 127. The summed E-state index contributed by atoms with van der Waals surface area (Å²) in [6, 6.07) is 7.01. The fourth-order valence-corrected chi connectivity index (χ4v) is 3.99. The zero-order valence-electron chi connectivity index (χ0n) is 16.6. The van der Waals surface area contributed by atoms with Crippen LogP contribution in [0.4, 0.5) is 4.39 Å². The number of nitrogens with zero attached hydrogens (tertiary/aromatic N) is 1. The molecule has 1 aromatic rings. The minimum atomic E-state index is -0.135. The number of halogens is 2. The number of carbonyl (C=O) groups is 1. The van der Waals surface area contributed by atoms with Crippen LogP contribution in [-0.2, 0) is 10.2 Å². The van der Waals surface area contributed by atoms with Crippen LogP contribution in [0.15, 0.2) is 29.3 Å². The van der Waals surface area contributed by atoms with Gasteiger partial charge in [0.2, 0.25) is 5.91 Å². The van der Waals surface area contributed by atoms with E-state index in [-0.39, 0.29) is 41.1 Å². The summed E-state index contributed by atoms with van der Waals surface area (Å²) >= 11 is 0. The van der Waals surface area contributed by atoms with E-state index >= 15 is 0 Å². The molecule has 0 bridgehead atoms. The van der Waals surface area contributed by atoms with E-state index in [1.807, 2.05) is 12.1 Å². The molecule has 7 heteroatoms. The summed E-state index contributed by atoms with van der Waals surface area (Å²) in [6.07, 6.45) is 7.51. The van der Waals surface area contributed by atoms with Gasteiger partial charge in [-0.05, 0) is 43.2 Å². The highest BCUT2D eigenvalue weighted by Crippen LogP contribution is 2.48. The third-order valence-electron chi connectivity index (χ3n) is 5.81. The lowest BCUT2D eigenvalue weighted by molar-refractivity contribution is -0.121. The van der Waals surface area contributed by atoms with Gasteiger partial charge < -0.3 is 16.0 Å². The molecule has 0 aromatic heterocycles. The van der Waals surface area contributed by atoms with Gasteiger partial charge in [0.15, 0.2) is 5.96 Å². The molecule has 0 aliphatic heterocycles. The molecule has 28 heavy (non-hydrogen) atoms. The Labute approximate surface area is 184 Å². The van der Waals surface area contributed by atoms with Crippen molar-refractivity contribution in [2.24, 2.45) is 10.9 Å². The molecule has 2 fully saturated rings. The standard InChI is InChI=1S/C21H31FN4O.HI/c1-23-20(25-13-12-24-19(27)14-16-6-2-3-7-16)26-15-21(10-11-21)17-8-4-5-9-18(17)22;/h4-5,8-9,16H,2-3,6-7,10-15H2,1H3,(H,24,27)(H2,23,25,26);1H. The number of hydrogen-bond donors (Lipinski definition) is 3. The summed E-state index contributed by atoms with van der Waals surface area (Å²) in [7, 11) is 1.72. The zero-order chi connectivity index (χ0) is 19.1. The monoisotopic (exact) mass is 502 g/mol. The highest BCUT2D eigenvalue weighted by Gasteiger charge is 2.45. The fourth-order valence-electron chi connectivity index (χ4n) is 3.99. The lowest BCUT2D eigenvalue weighted by Gasteiger charge is -2.19. The van der Waals surface area contributed by atoms with Crippen molar-refractivity contribution >= 4 is 35.8 Å². The Kier molecular flexibility index (Phi) is 8.98. The van der Waals surface area contributed by atoms with E-state index in [4.69, 9.17) is 0 Å². The van der Waals surface area contributed by atoms with Crippen molar-refractivity contribution in [1.29, 1.82) is 0 Å². The van der Waals surface area contributed by atoms with Gasteiger partial charge in [-0.2, -0.15) is 0 Å². The van der Waals surface area contributed by atoms with Crippen molar-refractivity contribution in [3.05, 3.63) is 35.6 Å². The van der Waals surface area contributed by atoms with Crippen molar-refractivity contribution in [3.8, 4) is 0 Å². The molecular formula is C21H32FIN4O. The smallest absolute Gasteiger partial charge is 0.220 e. The number of benzene rings is 1. The number of rotatable bonds is 8. The quantitative estimate of drug-likeness (QED) is 0.221. The third-order valence-corrected chi connectivity index (χ3v) is 5.81. The molecule has 0 spiro atoms. The van der Waals surface area contributed by atoms with Gasteiger partial charge >= 0.3 is 0 Å². The van der Waals surface area contributed by atoms with Gasteiger partial charge in [-0.15, -0.1) is 24.0 Å². The molecule has 2 aliphatic carbocycles. The first-order chi connectivity index (χ1) is 13.1. The highest BCUT2D eigenvalue weighted by molar-refractivity contribution is 14.0. The van der Waals surface area contributed by atoms with Crippen LogP contribution >= 0.6 is 24.0 Å². The molecule has 3 rings (SSSR count). The van der Waals surface area contributed by atoms with E-state index in [0.29, 0.717) is 37.9 Å². The SMILES string of the molecule is CN=C(NCCNC(=O)CC1CCCC1)NCC1(c2ccccc2F)CC1.I. The van der Waals surface area contributed by atoms with Crippen LogP contribution in [0.3, 0.4) is 0 Å². The molecule has 0 heterocycles. The predicted octanol–water partition coefficient (Wildman–Crippen LogP) is 3.34. The number of carbonyl (C=O) groups excluding carboxylic acids is 1. The van der Waals surface area contributed by atoms with Gasteiger partial charge in [-0.3, -0.25) is 9.79 Å². The third kappa shape index (κ3) is 6.32. The molecule has 1 aromatic carbocycles.